The van der Waals surface area contributed by atoms with Crippen LogP contribution >= 0.6 is 28.3 Å². The summed E-state index contributed by atoms with van der Waals surface area (Å²) in [6.45, 7) is 2.11. The maximum Gasteiger partial charge on any atom is 0.0300 e. The molecule has 1 aromatic rings. The van der Waals surface area contributed by atoms with Gasteiger partial charge in [0.2, 0.25) is 0 Å². The van der Waals surface area contributed by atoms with Crippen molar-refractivity contribution in [2.24, 2.45) is 5.73 Å². The molecular weight excluding hydrogens is 249 g/mol. The van der Waals surface area contributed by atoms with Gasteiger partial charge in [0.15, 0.2) is 0 Å². The van der Waals surface area contributed by atoms with Crippen LogP contribution in [-0.2, 0) is 6.42 Å². The summed E-state index contributed by atoms with van der Waals surface area (Å²) in [6, 6.07) is 4.68. The Morgan fingerprint density at radius 2 is 2.15 bits per heavy atom. The van der Waals surface area contributed by atoms with Gasteiger partial charge in [-0.15, -0.1) is 12.4 Å². The third-order valence-corrected chi connectivity index (χ3v) is 3.40. The van der Waals surface area contributed by atoms with E-state index in [1.807, 2.05) is 0 Å². The average molecular weight is 263 g/mol. The Kier molecular flexibility index (Phi) is 3.38. The van der Waals surface area contributed by atoms with Crippen molar-refractivity contribution >= 4 is 28.3 Å². The highest BCUT2D eigenvalue weighted by molar-refractivity contribution is 9.10. The largest absolute Gasteiger partial charge is 0.324 e. The smallest absolute Gasteiger partial charge is 0.0300 e. The molecule has 1 aliphatic carbocycles. The van der Waals surface area contributed by atoms with Gasteiger partial charge in [-0.1, -0.05) is 22.0 Å². The molecule has 1 atom stereocenters. The molecule has 0 saturated carbocycles. The standard InChI is InChI=1S/C10H12BrN.ClH/c1-6-4-8-7(5-9(6)11)2-3-10(8)12;/h4-5,10H,2-3,12H2,1H3;1H/t10-;/m0./s1. The highest BCUT2D eigenvalue weighted by atomic mass is 79.9. The minimum atomic E-state index is 0. The first-order valence-corrected chi connectivity index (χ1v) is 5.02. The molecule has 2 rings (SSSR count). The van der Waals surface area contributed by atoms with Gasteiger partial charge in [-0.05, 0) is 42.5 Å². The molecule has 3 heteroatoms. The van der Waals surface area contributed by atoms with Gasteiger partial charge in [0.1, 0.15) is 0 Å². The number of halogens is 2. The zero-order valence-electron chi connectivity index (χ0n) is 7.51. The van der Waals surface area contributed by atoms with E-state index in [1.165, 1.54) is 21.2 Å². The maximum absolute atomic E-state index is 5.95. The van der Waals surface area contributed by atoms with Crippen molar-refractivity contribution < 1.29 is 0 Å². The molecule has 0 saturated heterocycles. The van der Waals surface area contributed by atoms with Crippen LogP contribution in [0.3, 0.4) is 0 Å². The Hall–Kier alpha value is -0.0500. The summed E-state index contributed by atoms with van der Waals surface area (Å²) < 4.78 is 1.20. The highest BCUT2D eigenvalue weighted by Gasteiger charge is 2.19. The molecule has 0 aromatic heterocycles. The van der Waals surface area contributed by atoms with E-state index in [1.54, 1.807) is 0 Å². The van der Waals surface area contributed by atoms with Crippen LogP contribution in [0, 0.1) is 6.92 Å². The van der Waals surface area contributed by atoms with Crippen LogP contribution in [0.25, 0.3) is 0 Å². The Labute approximate surface area is 93.2 Å². The Morgan fingerprint density at radius 1 is 1.46 bits per heavy atom. The van der Waals surface area contributed by atoms with Gasteiger partial charge in [0, 0.05) is 10.5 Å². The molecule has 0 radical (unpaired) electrons. The number of aryl methyl sites for hydroxylation is 2. The summed E-state index contributed by atoms with van der Waals surface area (Å²) in [4.78, 5) is 0. The molecule has 0 aliphatic heterocycles. The lowest BCUT2D eigenvalue weighted by molar-refractivity contribution is 0.713. The van der Waals surface area contributed by atoms with Crippen molar-refractivity contribution in [3.05, 3.63) is 33.3 Å². The molecule has 0 unspecified atom stereocenters. The Morgan fingerprint density at radius 3 is 2.85 bits per heavy atom. The number of hydrogen-bond donors (Lipinski definition) is 1. The van der Waals surface area contributed by atoms with Crippen molar-refractivity contribution in [2.45, 2.75) is 25.8 Å². The second kappa shape index (κ2) is 3.99. The number of rotatable bonds is 0. The third kappa shape index (κ3) is 1.90. The number of nitrogens with two attached hydrogens (primary N) is 1. The van der Waals surface area contributed by atoms with E-state index < -0.39 is 0 Å². The van der Waals surface area contributed by atoms with Crippen molar-refractivity contribution in [3.63, 3.8) is 0 Å². The first-order chi connectivity index (χ1) is 5.68. The number of benzene rings is 1. The summed E-state index contributed by atoms with van der Waals surface area (Å²) in [7, 11) is 0. The van der Waals surface area contributed by atoms with E-state index in [0.29, 0.717) is 0 Å². The fourth-order valence-electron chi connectivity index (χ4n) is 1.77. The van der Waals surface area contributed by atoms with Gasteiger partial charge < -0.3 is 5.73 Å². The lowest BCUT2D eigenvalue weighted by Gasteiger charge is -2.06. The SMILES string of the molecule is Cc1cc2c(cc1Br)CC[C@@H]2N.Cl. The molecule has 72 valence electrons. The fraction of sp³-hybridized carbons (Fsp3) is 0.400. The summed E-state index contributed by atoms with van der Waals surface area (Å²) in [6.07, 6.45) is 2.24. The molecule has 0 fully saturated rings. The lowest BCUT2D eigenvalue weighted by Crippen LogP contribution is -2.05. The lowest BCUT2D eigenvalue weighted by atomic mass is 10.1. The van der Waals surface area contributed by atoms with E-state index in [-0.39, 0.29) is 18.4 Å². The van der Waals surface area contributed by atoms with Crippen LogP contribution in [0.1, 0.15) is 29.2 Å². The number of fused-ring (bicyclic) bond motifs is 1. The van der Waals surface area contributed by atoms with E-state index in [0.717, 1.165) is 12.8 Å². The zero-order chi connectivity index (χ0) is 8.72. The summed E-state index contributed by atoms with van der Waals surface area (Å²) in [5, 5.41) is 0. The summed E-state index contributed by atoms with van der Waals surface area (Å²) in [5.41, 5.74) is 9.99. The minimum Gasteiger partial charge on any atom is -0.324 e. The first kappa shape index (κ1) is 11.0. The Balaban J connectivity index is 0.000000845. The van der Waals surface area contributed by atoms with Crippen LogP contribution in [-0.4, -0.2) is 0 Å². The van der Waals surface area contributed by atoms with Crippen molar-refractivity contribution in [2.75, 3.05) is 0 Å². The quantitative estimate of drug-likeness (QED) is 0.764. The van der Waals surface area contributed by atoms with Gasteiger partial charge >= 0.3 is 0 Å². The summed E-state index contributed by atoms with van der Waals surface area (Å²) in [5.74, 6) is 0. The monoisotopic (exact) mass is 261 g/mol. The maximum atomic E-state index is 5.95. The second-order valence-corrected chi connectivity index (χ2v) is 4.30. The van der Waals surface area contributed by atoms with E-state index in [4.69, 9.17) is 5.73 Å². The van der Waals surface area contributed by atoms with E-state index in [9.17, 15) is 0 Å². The summed E-state index contributed by atoms with van der Waals surface area (Å²) >= 11 is 3.53. The van der Waals surface area contributed by atoms with Gasteiger partial charge in [-0.3, -0.25) is 0 Å². The van der Waals surface area contributed by atoms with Crippen LogP contribution in [0.15, 0.2) is 16.6 Å². The van der Waals surface area contributed by atoms with Gasteiger partial charge in [0.05, 0.1) is 0 Å². The van der Waals surface area contributed by atoms with Crippen molar-refractivity contribution in [1.82, 2.24) is 0 Å². The fourth-order valence-corrected chi connectivity index (χ4v) is 2.16. The minimum absolute atomic E-state index is 0. The van der Waals surface area contributed by atoms with Gasteiger partial charge in [-0.2, -0.15) is 0 Å². The Bertz CT molecular complexity index is 325. The van der Waals surface area contributed by atoms with Crippen LogP contribution in [0.2, 0.25) is 0 Å². The van der Waals surface area contributed by atoms with Crippen LogP contribution < -0.4 is 5.73 Å². The third-order valence-electron chi connectivity index (χ3n) is 2.54. The molecule has 1 aromatic carbocycles. The molecule has 0 amide bonds. The molecular formula is C10H13BrClN. The highest BCUT2D eigenvalue weighted by Crippen LogP contribution is 2.32. The molecule has 1 nitrogen and oxygen atoms in total. The topological polar surface area (TPSA) is 26.0 Å². The molecule has 0 heterocycles. The van der Waals surface area contributed by atoms with E-state index in [2.05, 4.69) is 35.0 Å². The zero-order valence-corrected chi connectivity index (χ0v) is 9.91. The average Bonchev–Trinajstić information content (AvgIpc) is 2.35. The molecule has 2 N–H and O–H groups in total. The molecule has 13 heavy (non-hydrogen) atoms. The van der Waals surface area contributed by atoms with Crippen molar-refractivity contribution in [3.8, 4) is 0 Å². The van der Waals surface area contributed by atoms with Crippen LogP contribution in [0.5, 0.6) is 0 Å². The van der Waals surface area contributed by atoms with Crippen LogP contribution in [0.4, 0.5) is 0 Å². The second-order valence-electron chi connectivity index (χ2n) is 3.45. The normalized spacial score (nSPS) is 19.5. The van der Waals surface area contributed by atoms with Gasteiger partial charge in [-0.25, -0.2) is 0 Å². The van der Waals surface area contributed by atoms with Gasteiger partial charge in [0.25, 0.3) is 0 Å². The molecule has 0 spiro atoms. The molecule has 1 aliphatic rings. The van der Waals surface area contributed by atoms with Crippen molar-refractivity contribution in [1.29, 1.82) is 0 Å². The predicted octanol–water partition coefficient (Wildman–Crippen LogP) is 3.13. The number of hydrogen-bond acceptors (Lipinski definition) is 1. The van der Waals surface area contributed by atoms with E-state index >= 15 is 0 Å². The first-order valence-electron chi connectivity index (χ1n) is 4.23. The predicted molar refractivity (Wildman–Crippen MR) is 61.4 cm³/mol. The molecule has 0 bridgehead atoms.